The van der Waals surface area contributed by atoms with Crippen LogP contribution in [0.15, 0.2) is 43.1 Å². The van der Waals surface area contributed by atoms with Crippen molar-refractivity contribution in [3.8, 4) is 5.69 Å². The van der Waals surface area contributed by atoms with Crippen molar-refractivity contribution in [2.45, 2.75) is 19.4 Å². The van der Waals surface area contributed by atoms with Gasteiger partial charge in [-0.3, -0.25) is 0 Å². The Morgan fingerprint density at radius 1 is 1.23 bits per heavy atom. The molecule has 0 spiro atoms. The molecule has 30 heavy (non-hydrogen) atoms. The molecule has 3 aromatic heterocycles. The summed E-state index contributed by atoms with van der Waals surface area (Å²) in [6.07, 6.45) is 10.9. The number of aliphatic hydroxyl groups excluding tert-OH is 1. The van der Waals surface area contributed by atoms with E-state index in [1.165, 1.54) is 25.2 Å². The molecule has 0 radical (unpaired) electrons. The maximum atomic E-state index is 9.39. The van der Waals surface area contributed by atoms with Crippen LogP contribution in [0.4, 0.5) is 23.1 Å². The number of nitrogens with one attached hydrogen (secondary N) is 3. The maximum Gasteiger partial charge on any atom is 0.288 e. The SMILES string of the molecule is [C-]#[N+]c1cnc(Nc2cc(NCC3CCCNC3)c(-n3ccc(CO)c3)cn2)cn1. The minimum Gasteiger partial charge on any atom is -0.392 e. The maximum absolute atomic E-state index is 9.39. The highest BCUT2D eigenvalue weighted by Crippen LogP contribution is 2.26. The van der Waals surface area contributed by atoms with E-state index in [2.05, 4.69) is 35.7 Å². The average molecular weight is 404 g/mol. The van der Waals surface area contributed by atoms with Crippen LogP contribution >= 0.6 is 0 Å². The first-order chi connectivity index (χ1) is 14.7. The molecule has 9 heteroatoms. The first-order valence-electron chi connectivity index (χ1n) is 9.94. The Kier molecular flexibility index (Phi) is 6.17. The third-order valence-electron chi connectivity index (χ3n) is 5.09. The molecule has 1 atom stereocenters. The summed E-state index contributed by atoms with van der Waals surface area (Å²) in [5.74, 6) is 1.97. The predicted octanol–water partition coefficient (Wildman–Crippen LogP) is 2.86. The number of aliphatic hydroxyl groups is 1. The monoisotopic (exact) mass is 404 g/mol. The Morgan fingerprint density at radius 3 is 2.83 bits per heavy atom. The van der Waals surface area contributed by atoms with Crippen molar-refractivity contribution in [1.82, 2.24) is 24.8 Å². The molecule has 1 unspecified atom stereocenters. The largest absolute Gasteiger partial charge is 0.392 e. The van der Waals surface area contributed by atoms with Gasteiger partial charge in [-0.25, -0.2) is 9.97 Å². The van der Waals surface area contributed by atoms with Crippen molar-refractivity contribution in [2.24, 2.45) is 5.92 Å². The van der Waals surface area contributed by atoms with Crippen molar-refractivity contribution >= 4 is 23.1 Å². The number of hydrogen-bond acceptors (Lipinski definition) is 7. The molecule has 9 nitrogen and oxygen atoms in total. The van der Waals surface area contributed by atoms with Gasteiger partial charge in [0.15, 0.2) is 12.0 Å². The Hall–Kier alpha value is -3.48. The van der Waals surface area contributed by atoms with E-state index in [1.807, 2.05) is 29.1 Å². The fourth-order valence-corrected chi connectivity index (χ4v) is 3.48. The van der Waals surface area contributed by atoms with Crippen LogP contribution in [-0.2, 0) is 6.61 Å². The Bertz CT molecular complexity index is 1020. The van der Waals surface area contributed by atoms with Crippen LogP contribution in [-0.4, -0.2) is 44.3 Å². The van der Waals surface area contributed by atoms with E-state index >= 15 is 0 Å². The molecule has 3 aromatic rings. The van der Waals surface area contributed by atoms with Crippen LogP contribution in [0.3, 0.4) is 0 Å². The van der Waals surface area contributed by atoms with Gasteiger partial charge in [-0.1, -0.05) is 6.57 Å². The minimum atomic E-state index is -0.00412. The van der Waals surface area contributed by atoms with Crippen molar-refractivity contribution in [1.29, 1.82) is 0 Å². The zero-order chi connectivity index (χ0) is 20.8. The number of piperidine rings is 1. The lowest BCUT2D eigenvalue weighted by Crippen LogP contribution is -2.33. The van der Waals surface area contributed by atoms with E-state index in [9.17, 15) is 5.11 Å². The molecule has 1 aliphatic heterocycles. The third-order valence-corrected chi connectivity index (χ3v) is 5.09. The van der Waals surface area contributed by atoms with Crippen molar-refractivity contribution in [2.75, 3.05) is 30.3 Å². The number of hydrogen-bond donors (Lipinski definition) is 4. The highest BCUT2D eigenvalue weighted by molar-refractivity contribution is 5.67. The minimum absolute atomic E-state index is 0.00412. The second-order valence-electron chi connectivity index (χ2n) is 7.26. The Balaban J connectivity index is 1.57. The van der Waals surface area contributed by atoms with Crippen LogP contribution in [0, 0.1) is 12.5 Å². The quantitative estimate of drug-likeness (QED) is 0.449. The molecule has 0 bridgehead atoms. The zero-order valence-electron chi connectivity index (χ0n) is 16.5. The molecule has 4 heterocycles. The van der Waals surface area contributed by atoms with Gasteiger partial charge in [-0.05, 0) is 43.5 Å². The highest BCUT2D eigenvalue weighted by atomic mass is 16.3. The fourth-order valence-electron chi connectivity index (χ4n) is 3.48. The molecular weight excluding hydrogens is 380 g/mol. The van der Waals surface area contributed by atoms with Crippen LogP contribution in [0.1, 0.15) is 18.4 Å². The predicted molar refractivity (Wildman–Crippen MR) is 115 cm³/mol. The number of anilines is 3. The summed E-state index contributed by atoms with van der Waals surface area (Å²) in [4.78, 5) is 16.0. The van der Waals surface area contributed by atoms with Crippen LogP contribution < -0.4 is 16.0 Å². The first-order valence-corrected chi connectivity index (χ1v) is 9.94. The molecule has 0 amide bonds. The normalized spacial score (nSPS) is 16.1. The molecule has 4 N–H and O–H groups in total. The van der Waals surface area contributed by atoms with E-state index in [4.69, 9.17) is 6.57 Å². The van der Waals surface area contributed by atoms with Gasteiger partial charge in [0.2, 0.25) is 0 Å². The average Bonchev–Trinajstić information content (AvgIpc) is 3.28. The number of aromatic nitrogens is 4. The molecule has 0 aliphatic carbocycles. The Morgan fingerprint density at radius 2 is 2.13 bits per heavy atom. The van der Waals surface area contributed by atoms with Gasteiger partial charge in [-0.2, -0.15) is 0 Å². The summed E-state index contributed by atoms with van der Waals surface area (Å²) in [6.45, 7) is 9.93. The number of rotatable bonds is 7. The lowest BCUT2D eigenvalue weighted by molar-refractivity contribution is 0.282. The molecule has 0 saturated carbocycles. The lowest BCUT2D eigenvalue weighted by atomic mass is 10.00. The first kappa shape index (κ1) is 19.8. The van der Waals surface area contributed by atoms with Gasteiger partial charge < -0.3 is 30.5 Å². The van der Waals surface area contributed by atoms with Crippen molar-refractivity contribution in [3.63, 3.8) is 0 Å². The van der Waals surface area contributed by atoms with E-state index in [-0.39, 0.29) is 12.4 Å². The summed E-state index contributed by atoms with van der Waals surface area (Å²) in [7, 11) is 0. The van der Waals surface area contributed by atoms with Crippen LogP contribution in [0.2, 0.25) is 0 Å². The second kappa shape index (κ2) is 9.35. The summed E-state index contributed by atoms with van der Waals surface area (Å²) in [5.41, 5.74) is 2.68. The molecule has 154 valence electrons. The van der Waals surface area contributed by atoms with Gasteiger partial charge in [-0.15, -0.1) is 4.98 Å². The van der Waals surface area contributed by atoms with E-state index in [0.29, 0.717) is 17.6 Å². The van der Waals surface area contributed by atoms with Crippen LogP contribution in [0.25, 0.3) is 10.5 Å². The molecular formula is C21H24N8O. The molecule has 1 aliphatic rings. The van der Waals surface area contributed by atoms with Gasteiger partial charge in [0.05, 0.1) is 30.4 Å². The molecule has 1 saturated heterocycles. The third kappa shape index (κ3) is 4.74. The number of pyridine rings is 1. The fraction of sp³-hybridized carbons (Fsp3) is 0.333. The zero-order valence-corrected chi connectivity index (χ0v) is 16.5. The van der Waals surface area contributed by atoms with Crippen LogP contribution in [0.5, 0.6) is 0 Å². The summed E-state index contributed by atoms with van der Waals surface area (Å²) < 4.78 is 1.95. The smallest absolute Gasteiger partial charge is 0.288 e. The Labute approximate surface area is 175 Å². The highest BCUT2D eigenvalue weighted by Gasteiger charge is 2.15. The summed E-state index contributed by atoms with van der Waals surface area (Å²) in [6, 6.07) is 3.82. The summed E-state index contributed by atoms with van der Waals surface area (Å²) >= 11 is 0. The second-order valence-corrected chi connectivity index (χ2v) is 7.26. The van der Waals surface area contributed by atoms with Crippen molar-refractivity contribution < 1.29 is 5.11 Å². The van der Waals surface area contributed by atoms with Gasteiger partial charge >= 0.3 is 0 Å². The summed E-state index contributed by atoms with van der Waals surface area (Å²) in [5, 5.41) is 19.6. The van der Waals surface area contributed by atoms with E-state index < -0.39 is 0 Å². The topological polar surface area (TPSA) is 104 Å². The molecule has 1 fully saturated rings. The molecule has 4 rings (SSSR count). The van der Waals surface area contributed by atoms with Gasteiger partial charge in [0.25, 0.3) is 5.82 Å². The van der Waals surface area contributed by atoms with Gasteiger partial charge in [0, 0.05) is 25.0 Å². The number of nitrogens with zero attached hydrogens (tertiary/aromatic N) is 5. The standard InChI is InChI=1S/C21H24N8O/c1-22-20-11-27-21(12-26-20)28-19-7-17(24-9-15-3-2-5-23-8-15)18(10-25-19)29-6-4-16(13-29)14-30/h4,6-7,10-13,15,23,30H,2-3,5,8-9,14H2,(H2,24,25,27,28). The van der Waals surface area contributed by atoms with E-state index in [1.54, 1.807) is 6.20 Å². The van der Waals surface area contributed by atoms with Gasteiger partial charge in [0.1, 0.15) is 5.82 Å². The van der Waals surface area contributed by atoms with Crippen molar-refractivity contribution in [3.05, 3.63) is 60.1 Å². The molecule has 0 aromatic carbocycles. The lowest BCUT2D eigenvalue weighted by Gasteiger charge is -2.24. The van der Waals surface area contributed by atoms with E-state index in [0.717, 1.165) is 36.6 Å².